The molecule has 0 spiro atoms. The highest BCUT2D eigenvalue weighted by molar-refractivity contribution is 5.79. The zero-order valence-corrected chi connectivity index (χ0v) is 23.6. The Bertz CT molecular complexity index is 985. The van der Waals surface area contributed by atoms with Gasteiger partial charge in [0.05, 0.1) is 25.8 Å². The number of carbonyl (C=O) groups excluding carboxylic acids is 2. The van der Waals surface area contributed by atoms with Gasteiger partial charge in [-0.3, -0.25) is 9.69 Å². The van der Waals surface area contributed by atoms with Crippen LogP contribution >= 0.6 is 0 Å². The molecule has 13 nitrogen and oxygen atoms in total. The van der Waals surface area contributed by atoms with E-state index in [1.165, 1.54) is 25.7 Å². The number of hydrogen-bond acceptors (Lipinski definition) is 11. The van der Waals surface area contributed by atoms with Gasteiger partial charge in [-0.2, -0.15) is 15.0 Å². The molecule has 0 radical (unpaired) electrons. The normalized spacial score (nSPS) is 24.3. The Morgan fingerprint density at radius 1 is 0.700 bits per heavy atom. The molecule has 1 atom stereocenters. The number of hydrogen-bond donors (Lipinski definition) is 0. The third kappa shape index (κ3) is 6.35. The quantitative estimate of drug-likeness (QED) is 0.471. The van der Waals surface area contributed by atoms with Gasteiger partial charge < -0.3 is 34.0 Å². The van der Waals surface area contributed by atoms with E-state index in [4.69, 9.17) is 24.4 Å². The molecule has 1 aromatic rings. The summed E-state index contributed by atoms with van der Waals surface area (Å²) in [4.78, 5) is 52.9. The topological polar surface area (TPSA) is 111 Å². The van der Waals surface area contributed by atoms with Crippen LogP contribution in [0.15, 0.2) is 0 Å². The maximum Gasteiger partial charge on any atom is 0.409 e. The second kappa shape index (κ2) is 12.7. The minimum atomic E-state index is -0.307. The summed E-state index contributed by atoms with van der Waals surface area (Å²) in [6, 6.07) is -0.0444. The number of nitrogens with zero attached hydrogens (tertiary/aromatic N) is 9. The molecule has 6 heterocycles. The van der Waals surface area contributed by atoms with Crippen LogP contribution in [0.4, 0.5) is 22.6 Å². The molecule has 1 unspecified atom stereocenters. The van der Waals surface area contributed by atoms with Crippen molar-refractivity contribution in [2.45, 2.75) is 44.6 Å². The third-order valence-electron chi connectivity index (χ3n) is 8.76. The van der Waals surface area contributed by atoms with Crippen molar-refractivity contribution >= 4 is 29.8 Å². The van der Waals surface area contributed by atoms with E-state index < -0.39 is 0 Å². The van der Waals surface area contributed by atoms with Crippen LogP contribution in [0.1, 0.15) is 38.5 Å². The number of rotatable bonds is 7. The number of carbonyl (C=O) groups is 2. The van der Waals surface area contributed by atoms with Crippen LogP contribution in [0.5, 0.6) is 0 Å². The fraction of sp³-hybridized carbons (Fsp3) is 0.815. The highest BCUT2D eigenvalue weighted by atomic mass is 16.6. The van der Waals surface area contributed by atoms with Crippen LogP contribution in [-0.2, 0) is 14.3 Å². The van der Waals surface area contributed by atoms with Crippen LogP contribution in [-0.4, -0.2) is 146 Å². The highest BCUT2D eigenvalue weighted by Gasteiger charge is 2.32. The molecule has 5 saturated heterocycles. The minimum Gasteiger partial charge on any atom is -0.447 e. The first-order valence-corrected chi connectivity index (χ1v) is 15.2. The van der Waals surface area contributed by atoms with Gasteiger partial charge in [-0.15, -0.1) is 0 Å². The van der Waals surface area contributed by atoms with E-state index in [2.05, 4.69) is 19.6 Å². The smallest absolute Gasteiger partial charge is 0.409 e. The van der Waals surface area contributed by atoms with Crippen LogP contribution in [0.2, 0.25) is 0 Å². The van der Waals surface area contributed by atoms with Gasteiger partial charge >= 0.3 is 6.09 Å². The van der Waals surface area contributed by atoms with Gasteiger partial charge in [-0.25, -0.2) is 4.79 Å². The van der Waals surface area contributed by atoms with Gasteiger partial charge in [-0.05, 0) is 38.5 Å². The number of morpholine rings is 1. The van der Waals surface area contributed by atoms with E-state index in [1.807, 2.05) is 4.90 Å². The summed E-state index contributed by atoms with van der Waals surface area (Å²) in [7, 11) is 0. The highest BCUT2D eigenvalue weighted by Crippen LogP contribution is 2.25. The first-order chi connectivity index (χ1) is 19.6. The van der Waals surface area contributed by atoms with Crippen molar-refractivity contribution in [1.29, 1.82) is 0 Å². The fourth-order valence-electron chi connectivity index (χ4n) is 6.33. The van der Waals surface area contributed by atoms with Crippen molar-refractivity contribution in [1.82, 2.24) is 29.7 Å². The van der Waals surface area contributed by atoms with Crippen LogP contribution in [0, 0.1) is 0 Å². The molecule has 0 saturated carbocycles. The lowest BCUT2D eigenvalue weighted by molar-refractivity contribution is -0.135. The Morgan fingerprint density at radius 2 is 1.25 bits per heavy atom. The molecule has 13 heteroatoms. The number of aromatic nitrogens is 3. The van der Waals surface area contributed by atoms with E-state index in [0.29, 0.717) is 51.9 Å². The van der Waals surface area contributed by atoms with Crippen LogP contribution in [0.3, 0.4) is 0 Å². The molecule has 5 aliphatic heterocycles. The summed E-state index contributed by atoms with van der Waals surface area (Å²) in [5.41, 5.74) is 0. The predicted octanol–water partition coefficient (Wildman–Crippen LogP) is 0.654. The Morgan fingerprint density at radius 3 is 1.82 bits per heavy atom. The molecule has 40 heavy (non-hydrogen) atoms. The molecule has 6 rings (SSSR count). The Balaban J connectivity index is 1.01. The zero-order valence-electron chi connectivity index (χ0n) is 23.6. The summed E-state index contributed by atoms with van der Waals surface area (Å²) in [6.45, 7) is 10.6. The molecule has 0 N–H and O–H groups in total. The molecule has 220 valence electrons. The summed E-state index contributed by atoms with van der Waals surface area (Å²) in [5, 5.41) is 0. The van der Waals surface area contributed by atoms with Crippen molar-refractivity contribution in [3.63, 3.8) is 0 Å². The number of likely N-dealkylation sites (tertiary alicyclic amines) is 1. The summed E-state index contributed by atoms with van der Waals surface area (Å²) >= 11 is 0. The minimum absolute atomic E-state index is 0.0444. The summed E-state index contributed by atoms with van der Waals surface area (Å²) < 4.78 is 11.1. The molecule has 0 aromatic carbocycles. The van der Waals surface area contributed by atoms with Crippen molar-refractivity contribution in [3.8, 4) is 0 Å². The Kier molecular flexibility index (Phi) is 8.66. The van der Waals surface area contributed by atoms with E-state index in [9.17, 15) is 9.59 Å². The predicted molar refractivity (Wildman–Crippen MR) is 150 cm³/mol. The van der Waals surface area contributed by atoms with Crippen LogP contribution < -0.4 is 14.7 Å². The number of anilines is 3. The standard InChI is InChI=1S/C27H43N9O4/c37-23(20-31-16-18-39-19-17-31)36-11-5-6-22(36)21-40-27(38)35-14-12-34(13-15-35)26-29-24(32-7-1-2-8-32)28-25(30-26)33-9-3-4-10-33/h22H,1-21H2. The average Bonchev–Trinajstić information content (AvgIpc) is 3.80. The van der Waals surface area contributed by atoms with Gasteiger partial charge in [0.2, 0.25) is 23.8 Å². The largest absolute Gasteiger partial charge is 0.447 e. The number of piperazine rings is 1. The molecule has 0 aliphatic carbocycles. The fourth-order valence-corrected chi connectivity index (χ4v) is 6.33. The molecule has 5 aliphatic rings. The zero-order chi connectivity index (χ0) is 27.3. The van der Waals surface area contributed by atoms with E-state index in [0.717, 1.165) is 70.6 Å². The summed E-state index contributed by atoms with van der Waals surface area (Å²) in [5.74, 6) is 2.37. The van der Waals surface area contributed by atoms with Gasteiger partial charge in [0.25, 0.3) is 0 Å². The Labute approximate surface area is 236 Å². The molecular weight excluding hydrogens is 514 g/mol. The van der Waals surface area contributed by atoms with Gasteiger partial charge in [-0.1, -0.05) is 0 Å². The first kappa shape index (κ1) is 27.3. The van der Waals surface area contributed by atoms with Gasteiger partial charge in [0, 0.05) is 72.0 Å². The van der Waals surface area contributed by atoms with Crippen molar-refractivity contribution in [3.05, 3.63) is 0 Å². The first-order valence-electron chi connectivity index (χ1n) is 15.2. The molecule has 2 amide bonds. The molecule has 5 fully saturated rings. The summed E-state index contributed by atoms with van der Waals surface area (Å²) in [6.07, 6.45) is 6.18. The van der Waals surface area contributed by atoms with Crippen molar-refractivity contribution < 1.29 is 19.1 Å². The third-order valence-corrected chi connectivity index (χ3v) is 8.76. The second-order valence-corrected chi connectivity index (χ2v) is 11.4. The lowest BCUT2D eigenvalue weighted by Gasteiger charge is -2.35. The lowest BCUT2D eigenvalue weighted by Crippen LogP contribution is -2.50. The van der Waals surface area contributed by atoms with E-state index in [-0.39, 0.29) is 24.6 Å². The lowest BCUT2D eigenvalue weighted by atomic mass is 10.2. The van der Waals surface area contributed by atoms with E-state index >= 15 is 0 Å². The van der Waals surface area contributed by atoms with Crippen molar-refractivity contribution in [2.24, 2.45) is 0 Å². The SMILES string of the molecule is O=C(OCC1CCCN1C(=O)CN1CCOCC1)N1CCN(c2nc(N3CCCC3)nc(N3CCCC3)n2)CC1. The van der Waals surface area contributed by atoms with E-state index in [1.54, 1.807) is 4.90 Å². The van der Waals surface area contributed by atoms with Crippen LogP contribution in [0.25, 0.3) is 0 Å². The molecule has 0 bridgehead atoms. The van der Waals surface area contributed by atoms with Gasteiger partial charge in [0.1, 0.15) is 6.61 Å². The molecule has 1 aromatic heterocycles. The average molecular weight is 558 g/mol. The number of amides is 2. The second-order valence-electron chi connectivity index (χ2n) is 11.4. The Hall–Kier alpha value is -2.93. The van der Waals surface area contributed by atoms with Gasteiger partial charge in [0.15, 0.2) is 0 Å². The maximum atomic E-state index is 13.0. The molecular formula is C27H43N9O4. The number of ether oxygens (including phenoxy) is 2. The maximum absolute atomic E-state index is 13.0. The monoisotopic (exact) mass is 557 g/mol. The van der Waals surface area contributed by atoms with Crippen molar-refractivity contribution in [2.75, 3.05) is 113 Å².